The van der Waals surface area contributed by atoms with Crippen LogP contribution in [0.4, 0.5) is 0 Å². The van der Waals surface area contributed by atoms with E-state index in [0.29, 0.717) is 26.1 Å². The maximum Gasteiger partial charge on any atom is 0.326 e. The van der Waals surface area contributed by atoms with E-state index in [2.05, 4.69) is 17.4 Å². The zero-order valence-electron chi connectivity index (χ0n) is 17.9. The molecule has 0 fully saturated rings. The van der Waals surface area contributed by atoms with Gasteiger partial charge in [0.05, 0.1) is 6.61 Å². The summed E-state index contributed by atoms with van der Waals surface area (Å²) in [7, 11) is 0. The van der Waals surface area contributed by atoms with Gasteiger partial charge in [0.15, 0.2) is 0 Å². The number of aliphatic carboxylic acids is 1. The molecule has 29 heavy (non-hydrogen) atoms. The van der Waals surface area contributed by atoms with Crippen LogP contribution in [0.2, 0.25) is 0 Å². The second-order valence-electron chi connectivity index (χ2n) is 7.89. The van der Waals surface area contributed by atoms with Gasteiger partial charge in [0.1, 0.15) is 6.04 Å². The molecule has 0 saturated heterocycles. The highest BCUT2D eigenvalue weighted by Gasteiger charge is 2.23. The second-order valence-corrected chi connectivity index (χ2v) is 7.89. The first-order valence-corrected chi connectivity index (χ1v) is 11.1. The van der Waals surface area contributed by atoms with Crippen molar-refractivity contribution in [2.24, 2.45) is 5.92 Å². The molecule has 1 aliphatic carbocycles. The quantitative estimate of drug-likeness (QED) is 0.490. The number of fused-ring (bicyclic) bond motifs is 1. The van der Waals surface area contributed by atoms with Crippen LogP contribution in [0.15, 0.2) is 12.1 Å². The van der Waals surface area contributed by atoms with Crippen LogP contribution < -0.4 is 5.32 Å². The highest BCUT2D eigenvalue weighted by molar-refractivity contribution is 5.84. The Bertz CT molecular complexity index is 658. The van der Waals surface area contributed by atoms with Gasteiger partial charge in [0.25, 0.3) is 0 Å². The summed E-state index contributed by atoms with van der Waals surface area (Å²) in [5, 5.41) is 12.0. The van der Waals surface area contributed by atoms with Crippen LogP contribution in [0.5, 0.6) is 0 Å². The number of nitrogens with zero attached hydrogens (tertiary/aromatic N) is 1. The lowest BCUT2D eigenvalue weighted by molar-refractivity contribution is -0.142. The molecule has 1 atom stereocenters. The predicted molar refractivity (Wildman–Crippen MR) is 113 cm³/mol. The van der Waals surface area contributed by atoms with Gasteiger partial charge in [-0.1, -0.05) is 19.9 Å². The van der Waals surface area contributed by atoms with E-state index in [-0.39, 0.29) is 11.8 Å². The Balaban J connectivity index is 1.61. The molecule has 1 aliphatic rings. The third-order valence-corrected chi connectivity index (χ3v) is 5.74. The van der Waals surface area contributed by atoms with E-state index in [1.807, 2.05) is 13.8 Å². The van der Waals surface area contributed by atoms with Crippen molar-refractivity contribution < 1.29 is 19.4 Å². The molecule has 0 unspecified atom stereocenters. The minimum Gasteiger partial charge on any atom is -0.480 e. The van der Waals surface area contributed by atoms with Gasteiger partial charge in [-0.25, -0.2) is 4.79 Å². The van der Waals surface area contributed by atoms with Crippen molar-refractivity contribution in [3.8, 4) is 0 Å². The van der Waals surface area contributed by atoms with E-state index in [0.717, 1.165) is 44.2 Å². The predicted octanol–water partition coefficient (Wildman–Crippen LogP) is 3.70. The van der Waals surface area contributed by atoms with Crippen molar-refractivity contribution in [1.29, 1.82) is 0 Å². The molecule has 0 bridgehead atoms. The van der Waals surface area contributed by atoms with Gasteiger partial charge in [-0.15, -0.1) is 0 Å². The van der Waals surface area contributed by atoms with Crippen molar-refractivity contribution in [2.75, 3.05) is 13.2 Å². The van der Waals surface area contributed by atoms with Crippen molar-refractivity contribution in [3.05, 3.63) is 29.1 Å². The van der Waals surface area contributed by atoms with E-state index in [1.165, 1.54) is 24.1 Å². The summed E-state index contributed by atoms with van der Waals surface area (Å²) in [5.74, 6) is -1.24. The Morgan fingerprint density at radius 3 is 2.62 bits per heavy atom. The largest absolute Gasteiger partial charge is 0.480 e. The molecule has 1 amide bonds. The minimum absolute atomic E-state index is 0.114. The van der Waals surface area contributed by atoms with Crippen LogP contribution in [0.3, 0.4) is 0 Å². The van der Waals surface area contributed by atoms with Crippen molar-refractivity contribution >= 4 is 11.9 Å². The normalized spacial score (nSPS) is 14.4. The maximum atomic E-state index is 12.1. The lowest BCUT2D eigenvalue weighted by atomic mass is 9.96. The number of carboxylic acids is 1. The Morgan fingerprint density at radius 2 is 1.90 bits per heavy atom. The number of hydrogen-bond acceptors (Lipinski definition) is 4. The fourth-order valence-electron chi connectivity index (χ4n) is 3.80. The van der Waals surface area contributed by atoms with Crippen LogP contribution >= 0.6 is 0 Å². The highest BCUT2D eigenvalue weighted by Crippen LogP contribution is 2.19. The van der Waals surface area contributed by atoms with Crippen molar-refractivity contribution in [3.63, 3.8) is 0 Å². The zero-order chi connectivity index (χ0) is 21.1. The van der Waals surface area contributed by atoms with Gasteiger partial charge < -0.3 is 15.2 Å². The van der Waals surface area contributed by atoms with Gasteiger partial charge in [-0.3, -0.25) is 9.78 Å². The smallest absolute Gasteiger partial charge is 0.326 e. The van der Waals surface area contributed by atoms with Crippen LogP contribution in [0.25, 0.3) is 0 Å². The first-order chi connectivity index (χ1) is 14.0. The summed E-state index contributed by atoms with van der Waals surface area (Å²) in [6, 6.07) is 3.49. The third-order valence-electron chi connectivity index (χ3n) is 5.74. The number of aromatic nitrogens is 1. The topological polar surface area (TPSA) is 88.5 Å². The first-order valence-electron chi connectivity index (χ1n) is 11.1. The monoisotopic (exact) mass is 404 g/mol. The molecule has 0 radical (unpaired) electrons. The Labute approximate surface area is 174 Å². The molecular weight excluding hydrogens is 368 g/mol. The number of nitrogens with one attached hydrogen (secondary N) is 1. The number of unbranched alkanes of at least 4 members (excludes halogenated alkanes) is 1. The fraction of sp³-hybridized carbons (Fsp3) is 0.696. The molecule has 1 aromatic heterocycles. The number of pyridine rings is 1. The molecular formula is C23H36N2O4. The van der Waals surface area contributed by atoms with Crippen molar-refractivity contribution in [1.82, 2.24) is 10.3 Å². The molecule has 0 saturated carbocycles. The van der Waals surface area contributed by atoms with E-state index in [4.69, 9.17) is 9.72 Å². The first kappa shape index (κ1) is 23.3. The van der Waals surface area contributed by atoms with Gasteiger partial charge in [-0.2, -0.15) is 0 Å². The van der Waals surface area contributed by atoms with Crippen LogP contribution in [0, 0.1) is 5.92 Å². The molecule has 6 nitrogen and oxygen atoms in total. The molecule has 1 heterocycles. The van der Waals surface area contributed by atoms with Gasteiger partial charge in [0.2, 0.25) is 5.91 Å². The number of aryl methyl sites for hydroxylation is 2. The average molecular weight is 405 g/mol. The van der Waals surface area contributed by atoms with Crippen LogP contribution in [-0.4, -0.2) is 41.2 Å². The highest BCUT2D eigenvalue weighted by atomic mass is 16.5. The summed E-state index contributed by atoms with van der Waals surface area (Å²) in [5.41, 5.74) is 3.73. The van der Waals surface area contributed by atoms with E-state index >= 15 is 0 Å². The average Bonchev–Trinajstić information content (AvgIpc) is 2.72. The molecule has 0 aliphatic heterocycles. The Morgan fingerprint density at radius 1 is 1.14 bits per heavy atom. The molecule has 0 spiro atoms. The minimum atomic E-state index is -0.969. The number of rotatable bonds is 13. The van der Waals surface area contributed by atoms with Gasteiger partial charge in [-0.05, 0) is 69.4 Å². The van der Waals surface area contributed by atoms with Crippen LogP contribution in [0.1, 0.15) is 75.7 Å². The number of carbonyl (C=O) groups is 2. The molecule has 2 rings (SSSR count). The lowest BCUT2D eigenvalue weighted by Crippen LogP contribution is -2.43. The lowest BCUT2D eigenvalue weighted by Gasteiger charge is -2.18. The summed E-state index contributed by atoms with van der Waals surface area (Å²) < 4.78 is 5.70. The van der Waals surface area contributed by atoms with E-state index in [1.54, 1.807) is 0 Å². The van der Waals surface area contributed by atoms with Crippen LogP contribution in [-0.2, 0) is 33.6 Å². The summed E-state index contributed by atoms with van der Waals surface area (Å²) >= 11 is 0. The van der Waals surface area contributed by atoms with E-state index in [9.17, 15) is 14.7 Å². The third kappa shape index (κ3) is 7.77. The molecule has 1 aromatic rings. The standard InChI is InChI=1S/C23H36N2O4/c1-3-17(4-2)22(26)25-21(23(27)28)11-7-8-15-29-16-14-19-13-12-18-9-5-6-10-20(18)24-19/h12-13,17,21H,3-11,14-16H2,1-2H3,(H,25,26)(H,27,28)/t21-/m0/s1. The number of hydrogen-bond donors (Lipinski definition) is 2. The Kier molecular flexibility index (Phi) is 10.1. The van der Waals surface area contributed by atoms with Gasteiger partial charge >= 0.3 is 5.97 Å². The second kappa shape index (κ2) is 12.6. The molecule has 162 valence electrons. The van der Waals surface area contributed by atoms with Gasteiger partial charge in [0, 0.05) is 30.3 Å². The molecule has 2 N–H and O–H groups in total. The summed E-state index contributed by atoms with van der Waals surface area (Å²) in [6.07, 6.45) is 8.89. The number of ether oxygens (including phenoxy) is 1. The SMILES string of the molecule is CCC(CC)C(=O)N[C@@H](CCCCOCCc1ccc2c(n1)CCCC2)C(=O)O. The summed E-state index contributed by atoms with van der Waals surface area (Å²) in [4.78, 5) is 28.3. The van der Waals surface area contributed by atoms with Crippen molar-refractivity contribution in [2.45, 2.75) is 84.1 Å². The molecule has 0 aromatic carbocycles. The Hall–Kier alpha value is -1.95. The zero-order valence-corrected chi connectivity index (χ0v) is 17.9. The number of carbonyl (C=O) groups excluding carboxylic acids is 1. The van der Waals surface area contributed by atoms with E-state index < -0.39 is 12.0 Å². The fourth-order valence-corrected chi connectivity index (χ4v) is 3.80. The number of amides is 1. The number of carboxylic acid groups (broad SMARTS) is 1. The molecule has 6 heteroatoms. The maximum absolute atomic E-state index is 12.1. The summed E-state index contributed by atoms with van der Waals surface area (Å²) in [6.45, 7) is 5.11.